The minimum atomic E-state index is -0.522. The second-order valence-corrected chi connectivity index (χ2v) is 5.19. The summed E-state index contributed by atoms with van der Waals surface area (Å²) in [5.41, 5.74) is 0.523. The first-order valence-corrected chi connectivity index (χ1v) is 6.81. The molecule has 19 heavy (non-hydrogen) atoms. The highest BCUT2D eigenvalue weighted by Crippen LogP contribution is 2.31. The van der Waals surface area contributed by atoms with Gasteiger partial charge >= 0.3 is 0 Å². The van der Waals surface area contributed by atoms with Crippen LogP contribution < -0.4 is 14.8 Å². The number of rotatable bonds is 6. The molecule has 0 saturated heterocycles. The van der Waals surface area contributed by atoms with Crippen LogP contribution in [-0.4, -0.2) is 31.5 Å². The number of para-hydroxylation sites is 1. The maximum Gasteiger partial charge on any atom is 0.165 e. The van der Waals surface area contributed by atoms with Gasteiger partial charge in [0.1, 0.15) is 0 Å². The summed E-state index contributed by atoms with van der Waals surface area (Å²) in [4.78, 5) is 0. The van der Waals surface area contributed by atoms with E-state index in [1.165, 1.54) is 0 Å². The fraction of sp³-hybridized carbons (Fsp3) is 0.600. The fourth-order valence-electron chi connectivity index (χ4n) is 2.73. The molecule has 106 valence electrons. The van der Waals surface area contributed by atoms with Crippen molar-refractivity contribution in [1.82, 2.24) is 5.32 Å². The van der Waals surface area contributed by atoms with Gasteiger partial charge in [-0.05, 0) is 18.9 Å². The van der Waals surface area contributed by atoms with Crippen LogP contribution >= 0.6 is 0 Å². The Morgan fingerprint density at radius 1 is 1.21 bits per heavy atom. The van der Waals surface area contributed by atoms with Gasteiger partial charge in [-0.25, -0.2) is 0 Å². The van der Waals surface area contributed by atoms with E-state index >= 15 is 0 Å². The summed E-state index contributed by atoms with van der Waals surface area (Å²) < 4.78 is 10.7. The Labute approximate surface area is 114 Å². The van der Waals surface area contributed by atoms with Crippen molar-refractivity contribution in [3.05, 3.63) is 23.8 Å². The Morgan fingerprint density at radius 3 is 2.58 bits per heavy atom. The molecule has 1 fully saturated rings. The monoisotopic (exact) mass is 265 g/mol. The van der Waals surface area contributed by atoms with Crippen molar-refractivity contribution < 1.29 is 14.6 Å². The summed E-state index contributed by atoms with van der Waals surface area (Å²) in [6, 6.07) is 5.84. The Morgan fingerprint density at radius 2 is 1.95 bits per heavy atom. The molecule has 2 N–H and O–H groups in total. The number of benzene rings is 1. The van der Waals surface area contributed by atoms with Crippen molar-refractivity contribution in [2.24, 2.45) is 0 Å². The van der Waals surface area contributed by atoms with Crippen LogP contribution in [0.1, 0.15) is 31.2 Å². The first kappa shape index (κ1) is 14.2. The van der Waals surface area contributed by atoms with E-state index in [-0.39, 0.29) is 0 Å². The van der Waals surface area contributed by atoms with Gasteiger partial charge in [-0.2, -0.15) is 0 Å². The fourth-order valence-corrected chi connectivity index (χ4v) is 2.73. The molecule has 1 aliphatic rings. The molecule has 1 aromatic carbocycles. The van der Waals surface area contributed by atoms with E-state index in [1.807, 2.05) is 18.2 Å². The maximum absolute atomic E-state index is 10.3. The largest absolute Gasteiger partial charge is 0.493 e. The Kier molecular flexibility index (Phi) is 4.66. The number of hydrogen-bond donors (Lipinski definition) is 2. The molecule has 0 aliphatic heterocycles. The highest BCUT2D eigenvalue weighted by molar-refractivity contribution is 5.46. The number of hydrogen-bond acceptors (Lipinski definition) is 4. The van der Waals surface area contributed by atoms with Crippen LogP contribution in [0.15, 0.2) is 18.2 Å². The highest BCUT2D eigenvalue weighted by atomic mass is 16.5. The number of nitrogens with one attached hydrogen (secondary N) is 1. The molecule has 4 nitrogen and oxygen atoms in total. The Hall–Kier alpha value is -1.26. The van der Waals surface area contributed by atoms with Crippen molar-refractivity contribution in [2.75, 3.05) is 20.8 Å². The van der Waals surface area contributed by atoms with E-state index in [2.05, 4.69) is 5.32 Å². The van der Waals surface area contributed by atoms with E-state index < -0.39 is 5.60 Å². The van der Waals surface area contributed by atoms with Crippen molar-refractivity contribution in [3.8, 4) is 11.5 Å². The second kappa shape index (κ2) is 6.26. The first-order chi connectivity index (χ1) is 9.18. The van der Waals surface area contributed by atoms with Gasteiger partial charge in [-0.3, -0.25) is 0 Å². The van der Waals surface area contributed by atoms with Crippen LogP contribution in [0.25, 0.3) is 0 Å². The minimum Gasteiger partial charge on any atom is -0.493 e. The molecule has 4 heteroatoms. The molecule has 0 atom stereocenters. The predicted molar refractivity (Wildman–Crippen MR) is 74.7 cm³/mol. The average Bonchev–Trinajstić information content (AvgIpc) is 2.85. The van der Waals surface area contributed by atoms with Gasteiger partial charge in [0, 0.05) is 18.7 Å². The normalized spacial score (nSPS) is 17.4. The predicted octanol–water partition coefficient (Wildman–Crippen LogP) is 2.10. The highest BCUT2D eigenvalue weighted by Gasteiger charge is 2.30. The Balaban J connectivity index is 1.95. The lowest BCUT2D eigenvalue weighted by Gasteiger charge is -2.23. The number of ether oxygens (including phenoxy) is 2. The molecule has 0 radical (unpaired) electrons. The van der Waals surface area contributed by atoms with Crippen LogP contribution in [0.5, 0.6) is 11.5 Å². The molecule has 0 heterocycles. The molecule has 0 bridgehead atoms. The van der Waals surface area contributed by atoms with E-state index in [4.69, 9.17) is 9.47 Å². The minimum absolute atomic E-state index is 0.522. The first-order valence-electron chi connectivity index (χ1n) is 6.81. The molecule has 1 aromatic rings. The molecule has 0 aromatic heterocycles. The number of methoxy groups -OCH3 is 2. The standard InChI is InChI=1S/C15H23NO3/c1-18-13-7-5-6-12(14(13)19-2)10-16-11-15(17)8-3-4-9-15/h5-7,16-17H,3-4,8-11H2,1-2H3. The summed E-state index contributed by atoms with van der Waals surface area (Å²) >= 11 is 0. The molecule has 2 rings (SSSR count). The molecule has 0 unspecified atom stereocenters. The van der Waals surface area contributed by atoms with Gasteiger partial charge in [0.05, 0.1) is 19.8 Å². The lowest BCUT2D eigenvalue weighted by Crippen LogP contribution is -2.37. The zero-order chi connectivity index (χ0) is 13.7. The summed E-state index contributed by atoms with van der Waals surface area (Å²) in [6.45, 7) is 1.30. The van der Waals surface area contributed by atoms with Crippen LogP contribution in [0.2, 0.25) is 0 Å². The van der Waals surface area contributed by atoms with E-state index in [9.17, 15) is 5.11 Å². The van der Waals surface area contributed by atoms with Crippen molar-refractivity contribution >= 4 is 0 Å². The SMILES string of the molecule is COc1cccc(CNCC2(O)CCCC2)c1OC. The van der Waals surface area contributed by atoms with E-state index in [0.29, 0.717) is 13.1 Å². The van der Waals surface area contributed by atoms with Crippen LogP contribution in [0, 0.1) is 0 Å². The lowest BCUT2D eigenvalue weighted by atomic mass is 10.0. The maximum atomic E-state index is 10.3. The zero-order valence-corrected chi connectivity index (χ0v) is 11.7. The summed E-state index contributed by atoms with van der Waals surface area (Å²) in [5.74, 6) is 1.50. The third-order valence-electron chi connectivity index (χ3n) is 3.79. The van der Waals surface area contributed by atoms with Gasteiger partial charge in [0.25, 0.3) is 0 Å². The van der Waals surface area contributed by atoms with E-state index in [1.54, 1.807) is 14.2 Å². The van der Waals surface area contributed by atoms with Gasteiger partial charge < -0.3 is 19.9 Å². The molecular formula is C15H23NO3. The summed E-state index contributed by atoms with van der Waals surface area (Å²) in [5, 5.41) is 13.6. The third kappa shape index (κ3) is 3.39. The third-order valence-corrected chi connectivity index (χ3v) is 3.79. The smallest absolute Gasteiger partial charge is 0.165 e. The second-order valence-electron chi connectivity index (χ2n) is 5.19. The number of aliphatic hydroxyl groups is 1. The van der Waals surface area contributed by atoms with Gasteiger partial charge in [-0.1, -0.05) is 25.0 Å². The topological polar surface area (TPSA) is 50.7 Å². The van der Waals surface area contributed by atoms with Crippen LogP contribution in [0.3, 0.4) is 0 Å². The van der Waals surface area contributed by atoms with Gasteiger partial charge in [0.15, 0.2) is 11.5 Å². The van der Waals surface area contributed by atoms with Crippen molar-refractivity contribution in [3.63, 3.8) is 0 Å². The molecule has 0 amide bonds. The molecule has 1 aliphatic carbocycles. The summed E-state index contributed by atoms with van der Waals surface area (Å²) in [7, 11) is 3.28. The van der Waals surface area contributed by atoms with Gasteiger partial charge in [-0.15, -0.1) is 0 Å². The Bertz CT molecular complexity index is 414. The summed E-state index contributed by atoms with van der Waals surface area (Å²) in [6.07, 6.45) is 4.05. The molecule has 0 spiro atoms. The van der Waals surface area contributed by atoms with Crippen molar-refractivity contribution in [2.45, 2.75) is 37.8 Å². The van der Waals surface area contributed by atoms with E-state index in [0.717, 1.165) is 42.7 Å². The quantitative estimate of drug-likeness (QED) is 0.827. The van der Waals surface area contributed by atoms with Crippen LogP contribution in [-0.2, 0) is 6.54 Å². The van der Waals surface area contributed by atoms with Gasteiger partial charge in [0.2, 0.25) is 0 Å². The lowest BCUT2D eigenvalue weighted by molar-refractivity contribution is 0.0474. The van der Waals surface area contributed by atoms with Crippen LogP contribution in [0.4, 0.5) is 0 Å². The molecular weight excluding hydrogens is 242 g/mol. The zero-order valence-electron chi connectivity index (χ0n) is 11.7. The van der Waals surface area contributed by atoms with Crippen molar-refractivity contribution in [1.29, 1.82) is 0 Å². The molecule has 1 saturated carbocycles. The average molecular weight is 265 g/mol.